The fraction of sp³-hybridized carbons (Fsp3) is 0.0667. The van der Waals surface area contributed by atoms with Crippen LogP contribution >= 0.6 is 27.5 Å². The minimum atomic E-state index is -0.245. The second-order valence-electron chi connectivity index (χ2n) is 4.50. The molecule has 1 aliphatic heterocycles. The summed E-state index contributed by atoms with van der Waals surface area (Å²) in [6, 6.07) is 10.1. The van der Waals surface area contributed by atoms with E-state index in [0.717, 1.165) is 4.47 Å². The average molecular weight is 367 g/mol. The third kappa shape index (κ3) is 2.80. The first-order valence-corrected chi connectivity index (χ1v) is 7.28. The van der Waals surface area contributed by atoms with Gasteiger partial charge in [-0.3, -0.25) is 9.59 Å². The summed E-state index contributed by atoms with van der Waals surface area (Å²) in [6.07, 6.45) is 0. The van der Waals surface area contributed by atoms with Gasteiger partial charge in [-0.15, -0.1) is 0 Å². The number of ether oxygens (including phenoxy) is 1. The number of anilines is 1. The van der Waals surface area contributed by atoms with E-state index in [0.29, 0.717) is 22.6 Å². The Balaban J connectivity index is 2.01. The normalized spacial score (nSPS) is 13.1. The zero-order chi connectivity index (χ0) is 15.0. The third-order valence-electron chi connectivity index (χ3n) is 3.05. The smallest absolute Gasteiger partial charge is 0.262 e. The van der Waals surface area contributed by atoms with Gasteiger partial charge in [0.15, 0.2) is 12.4 Å². The fourth-order valence-electron chi connectivity index (χ4n) is 2.03. The van der Waals surface area contributed by atoms with Crippen LogP contribution < -0.4 is 10.1 Å². The minimum Gasteiger partial charge on any atom is -0.482 e. The van der Waals surface area contributed by atoms with Crippen LogP contribution in [0.3, 0.4) is 0 Å². The van der Waals surface area contributed by atoms with E-state index in [1.54, 1.807) is 30.3 Å². The number of amides is 1. The van der Waals surface area contributed by atoms with Crippen molar-refractivity contribution in [2.45, 2.75) is 0 Å². The van der Waals surface area contributed by atoms with E-state index in [-0.39, 0.29) is 23.3 Å². The van der Waals surface area contributed by atoms with Crippen LogP contribution in [-0.4, -0.2) is 18.3 Å². The molecule has 1 amide bonds. The summed E-state index contributed by atoms with van der Waals surface area (Å²) >= 11 is 9.47. The van der Waals surface area contributed by atoms with E-state index in [1.807, 2.05) is 0 Å². The Kier molecular flexibility index (Phi) is 3.69. The van der Waals surface area contributed by atoms with Gasteiger partial charge in [0.2, 0.25) is 0 Å². The molecule has 21 heavy (non-hydrogen) atoms. The van der Waals surface area contributed by atoms with Crippen LogP contribution in [-0.2, 0) is 4.79 Å². The quantitative estimate of drug-likeness (QED) is 0.825. The highest BCUT2D eigenvalue weighted by molar-refractivity contribution is 9.10. The molecule has 6 heteroatoms. The molecule has 1 N–H and O–H groups in total. The van der Waals surface area contributed by atoms with E-state index in [9.17, 15) is 9.59 Å². The lowest BCUT2D eigenvalue weighted by Crippen LogP contribution is -2.25. The van der Waals surface area contributed by atoms with E-state index in [4.69, 9.17) is 16.3 Å². The molecule has 0 saturated heterocycles. The van der Waals surface area contributed by atoms with Crippen molar-refractivity contribution in [3.05, 3.63) is 57.0 Å². The van der Waals surface area contributed by atoms with Gasteiger partial charge in [0.25, 0.3) is 5.91 Å². The standard InChI is InChI=1S/C15H9BrClNO3/c16-9-3-1-8(2-4-9)15(20)10-5-13-12(6-11(10)17)18-14(19)7-21-13/h1-6H,7H2,(H,18,19). The molecule has 3 rings (SSSR count). The van der Waals surface area contributed by atoms with Crippen LogP contribution in [0.4, 0.5) is 5.69 Å². The molecule has 0 spiro atoms. The number of benzene rings is 2. The highest BCUT2D eigenvalue weighted by atomic mass is 79.9. The summed E-state index contributed by atoms with van der Waals surface area (Å²) in [6.45, 7) is -0.0689. The molecule has 0 unspecified atom stereocenters. The predicted octanol–water partition coefficient (Wildman–Crippen LogP) is 3.66. The number of carbonyl (C=O) groups is 2. The molecule has 106 valence electrons. The number of nitrogens with one attached hydrogen (secondary N) is 1. The number of rotatable bonds is 2. The first-order chi connectivity index (χ1) is 10.0. The van der Waals surface area contributed by atoms with Crippen molar-refractivity contribution >= 4 is 44.9 Å². The third-order valence-corrected chi connectivity index (χ3v) is 3.89. The van der Waals surface area contributed by atoms with Crippen LogP contribution in [0.2, 0.25) is 5.02 Å². The minimum absolute atomic E-state index is 0.0689. The van der Waals surface area contributed by atoms with Gasteiger partial charge >= 0.3 is 0 Å². The van der Waals surface area contributed by atoms with Crippen LogP contribution in [0.1, 0.15) is 15.9 Å². The summed E-state index contributed by atoms with van der Waals surface area (Å²) in [5.41, 5.74) is 1.34. The Bertz CT molecular complexity index is 743. The lowest BCUT2D eigenvalue weighted by molar-refractivity contribution is -0.118. The van der Waals surface area contributed by atoms with Gasteiger partial charge in [-0.1, -0.05) is 27.5 Å². The lowest BCUT2D eigenvalue weighted by atomic mass is 10.0. The number of hydrogen-bond donors (Lipinski definition) is 1. The number of ketones is 1. The molecule has 4 nitrogen and oxygen atoms in total. The molecular formula is C15H9BrClNO3. The Morgan fingerprint density at radius 2 is 1.95 bits per heavy atom. The first-order valence-electron chi connectivity index (χ1n) is 6.11. The molecule has 1 aliphatic rings. The van der Waals surface area contributed by atoms with Gasteiger partial charge in [0.05, 0.1) is 10.7 Å². The summed E-state index contributed by atoms with van der Waals surface area (Å²) in [4.78, 5) is 23.7. The van der Waals surface area contributed by atoms with Crippen LogP contribution in [0.25, 0.3) is 0 Å². The molecular weight excluding hydrogens is 358 g/mol. The van der Waals surface area contributed by atoms with Gasteiger partial charge in [-0.2, -0.15) is 0 Å². The topological polar surface area (TPSA) is 55.4 Å². The van der Waals surface area contributed by atoms with Crippen molar-refractivity contribution < 1.29 is 14.3 Å². The Morgan fingerprint density at radius 3 is 2.67 bits per heavy atom. The lowest BCUT2D eigenvalue weighted by Gasteiger charge is -2.19. The van der Waals surface area contributed by atoms with Gasteiger partial charge < -0.3 is 10.1 Å². The monoisotopic (exact) mass is 365 g/mol. The highest BCUT2D eigenvalue weighted by Crippen LogP contribution is 2.34. The van der Waals surface area contributed by atoms with Crippen LogP contribution in [0.5, 0.6) is 5.75 Å². The molecule has 2 aromatic carbocycles. The largest absolute Gasteiger partial charge is 0.482 e. The van der Waals surface area contributed by atoms with Crippen molar-refractivity contribution in [3.8, 4) is 5.75 Å². The van der Waals surface area contributed by atoms with Gasteiger partial charge in [0.1, 0.15) is 5.75 Å². The summed E-state index contributed by atoms with van der Waals surface area (Å²) in [5.74, 6) is 0.000754. The second kappa shape index (κ2) is 5.50. The zero-order valence-electron chi connectivity index (χ0n) is 10.7. The van der Waals surface area contributed by atoms with Crippen molar-refractivity contribution in [2.24, 2.45) is 0 Å². The van der Waals surface area contributed by atoms with Gasteiger partial charge in [-0.25, -0.2) is 0 Å². The molecule has 0 bridgehead atoms. The number of carbonyl (C=O) groups excluding carboxylic acids is 2. The maximum Gasteiger partial charge on any atom is 0.262 e. The maximum atomic E-state index is 12.5. The number of fused-ring (bicyclic) bond motifs is 1. The predicted molar refractivity (Wildman–Crippen MR) is 83.2 cm³/mol. The van der Waals surface area contributed by atoms with Gasteiger partial charge in [0, 0.05) is 15.6 Å². The molecule has 1 heterocycles. The van der Waals surface area contributed by atoms with E-state index >= 15 is 0 Å². The second-order valence-corrected chi connectivity index (χ2v) is 5.82. The van der Waals surface area contributed by atoms with Crippen molar-refractivity contribution in [1.29, 1.82) is 0 Å². The number of hydrogen-bond acceptors (Lipinski definition) is 3. The molecule has 2 aromatic rings. The van der Waals surface area contributed by atoms with Crippen LogP contribution in [0, 0.1) is 0 Å². The molecule has 0 saturated carbocycles. The highest BCUT2D eigenvalue weighted by Gasteiger charge is 2.21. The van der Waals surface area contributed by atoms with E-state index in [1.165, 1.54) is 6.07 Å². The molecule has 0 atom stereocenters. The van der Waals surface area contributed by atoms with Crippen molar-refractivity contribution in [3.63, 3.8) is 0 Å². The Labute approximate surface area is 134 Å². The van der Waals surface area contributed by atoms with Gasteiger partial charge in [-0.05, 0) is 36.4 Å². The molecule has 0 aromatic heterocycles. The zero-order valence-corrected chi connectivity index (χ0v) is 13.0. The summed E-state index contributed by atoms with van der Waals surface area (Å²) in [7, 11) is 0. The van der Waals surface area contributed by atoms with E-state index in [2.05, 4.69) is 21.2 Å². The Morgan fingerprint density at radius 1 is 1.24 bits per heavy atom. The fourth-order valence-corrected chi connectivity index (χ4v) is 2.54. The molecule has 0 fully saturated rings. The Hall–Kier alpha value is -1.85. The van der Waals surface area contributed by atoms with E-state index < -0.39 is 0 Å². The summed E-state index contributed by atoms with van der Waals surface area (Å²) < 4.78 is 6.20. The van der Waals surface area contributed by atoms with Crippen LogP contribution in [0.15, 0.2) is 40.9 Å². The molecule has 0 aliphatic carbocycles. The number of halogens is 2. The summed E-state index contributed by atoms with van der Waals surface area (Å²) in [5, 5.41) is 2.92. The molecule has 0 radical (unpaired) electrons. The van der Waals surface area contributed by atoms with Crippen molar-refractivity contribution in [1.82, 2.24) is 0 Å². The van der Waals surface area contributed by atoms with Crippen molar-refractivity contribution in [2.75, 3.05) is 11.9 Å². The first kappa shape index (κ1) is 14.1. The maximum absolute atomic E-state index is 12.5. The SMILES string of the molecule is O=C1COc2cc(C(=O)c3ccc(Br)cc3)c(Cl)cc2N1. The average Bonchev–Trinajstić information content (AvgIpc) is 2.46.